The summed E-state index contributed by atoms with van der Waals surface area (Å²) in [7, 11) is -3.15. The number of aromatic amines is 1. The number of aromatic nitrogens is 1. The lowest BCUT2D eigenvalue weighted by Crippen LogP contribution is -2.33. The lowest BCUT2D eigenvalue weighted by atomic mass is 10.1. The molecule has 3 aromatic rings. The molecule has 0 unspecified atom stereocenters. The van der Waals surface area contributed by atoms with Gasteiger partial charge in [-0.1, -0.05) is 0 Å². The summed E-state index contributed by atoms with van der Waals surface area (Å²) < 4.78 is 58.5. The highest BCUT2D eigenvalue weighted by atomic mass is 32.2. The predicted octanol–water partition coefficient (Wildman–Crippen LogP) is 2.92. The summed E-state index contributed by atoms with van der Waals surface area (Å²) in [6.45, 7) is 0. The summed E-state index contributed by atoms with van der Waals surface area (Å²) in [4.78, 5) is 13.4. The molecule has 0 aliphatic carbocycles. The van der Waals surface area contributed by atoms with E-state index >= 15 is 0 Å². The Bertz CT molecular complexity index is 1110. The highest BCUT2D eigenvalue weighted by Gasteiger charge is 2.18. The van der Waals surface area contributed by atoms with Crippen molar-refractivity contribution in [3.05, 3.63) is 48.0 Å². The molecule has 3 N–H and O–H groups in total. The summed E-state index contributed by atoms with van der Waals surface area (Å²) in [5.41, 5.74) is 1.20. The van der Waals surface area contributed by atoms with E-state index in [2.05, 4.69) is 4.98 Å². The Labute approximate surface area is 152 Å². The Morgan fingerprint density at radius 3 is 2.48 bits per heavy atom. The molecular formula is C16H12F2N3O5S. The van der Waals surface area contributed by atoms with Crippen LogP contribution < -0.4 is 14.2 Å². The van der Waals surface area contributed by atoms with E-state index in [0.717, 1.165) is 12.1 Å². The quantitative estimate of drug-likeness (QED) is 0.614. The number of benzene rings is 2. The van der Waals surface area contributed by atoms with Crippen molar-refractivity contribution < 1.29 is 31.8 Å². The molecule has 0 aliphatic rings. The van der Waals surface area contributed by atoms with Crippen LogP contribution in [0.3, 0.4) is 0 Å². The topological polar surface area (TPSA) is 120 Å². The molecule has 0 fully saturated rings. The monoisotopic (exact) mass is 396 g/mol. The van der Waals surface area contributed by atoms with E-state index in [4.69, 9.17) is 4.74 Å². The molecule has 2 aromatic carbocycles. The van der Waals surface area contributed by atoms with Gasteiger partial charge in [-0.3, -0.25) is 4.72 Å². The second-order valence-electron chi connectivity index (χ2n) is 5.45. The molecule has 0 atom stereocenters. The standard InChI is InChI=1S/C16H12F2N3O5S/c1-26-15-3-2-8(5-14(15)20-27(24,25)21-16(22)23)12-6-9-4-10(17)11(18)7-13(9)19-12/h2-7,19-21H,1H3. The maximum Gasteiger partial charge on any atom is 0.465 e. The minimum Gasteiger partial charge on any atom is -0.495 e. The van der Waals surface area contributed by atoms with Gasteiger partial charge in [0.2, 0.25) is 0 Å². The number of ether oxygens (including phenoxy) is 1. The Hall–Kier alpha value is -3.34. The summed E-state index contributed by atoms with van der Waals surface area (Å²) in [5, 5.41) is 10.9. The molecule has 0 spiro atoms. The van der Waals surface area contributed by atoms with Gasteiger partial charge >= 0.3 is 16.3 Å². The van der Waals surface area contributed by atoms with Gasteiger partial charge < -0.3 is 9.72 Å². The highest BCUT2D eigenvalue weighted by molar-refractivity contribution is 7.91. The van der Waals surface area contributed by atoms with E-state index in [1.54, 1.807) is 12.1 Å². The van der Waals surface area contributed by atoms with Crippen molar-refractivity contribution in [1.29, 1.82) is 0 Å². The van der Waals surface area contributed by atoms with Gasteiger partial charge in [0.1, 0.15) is 5.75 Å². The molecule has 11 heteroatoms. The number of methoxy groups -OCH3 is 1. The van der Waals surface area contributed by atoms with Gasteiger partial charge in [0.05, 0.1) is 12.8 Å². The molecule has 1 heterocycles. The number of hydrogen-bond donors (Lipinski definition) is 3. The van der Waals surface area contributed by atoms with Crippen LogP contribution in [0.5, 0.6) is 5.75 Å². The third-order valence-electron chi connectivity index (χ3n) is 3.63. The van der Waals surface area contributed by atoms with Gasteiger partial charge in [0.15, 0.2) is 11.6 Å². The van der Waals surface area contributed by atoms with Crippen LogP contribution in [0.15, 0.2) is 36.4 Å². The fourth-order valence-electron chi connectivity index (χ4n) is 2.52. The molecule has 1 aromatic heterocycles. The molecule has 3 rings (SSSR count). The van der Waals surface area contributed by atoms with E-state index in [1.807, 2.05) is 4.72 Å². The van der Waals surface area contributed by atoms with Crippen molar-refractivity contribution in [2.45, 2.75) is 0 Å². The Morgan fingerprint density at radius 2 is 1.81 bits per heavy atom. The van der Waals surface area contributed by atoms with Crippen LogP contribution >= 0.6 is 0 Å². The number of amides is 1. The fourth-order valence-corrected chi connectivity index (χ4v) is 3.24. The number of H-pyrrole nitrogens is 1. The number of anilines is 1. The van der Waals surface area contributed by atoms with Crippen LogP contribution in [0.4, 0.5) is 19.3 Å². The molecule has 0 saturated carbocycles. The normalized spacial score (nSPS) is 11.4. The third kappa shape index (κ3) is 3.92. The van der Waals surface area contributed by atoms with Crippen molar-refractivity contribution in [2.75, 3.05) is 11.8 Å². The second-order valence-corrected chi connectivity index (χ2v) is 6.86. The van der Waals surface area contributed by atoms with Gasteiger partial charge in [0, 0.05) is 28.2 Å². The van der Waals surface area contributed by atoms with Gasteiger partial charge in [-0.05, 0) is 30.3 Å². The molecule has 141 valence electrons. The Morgan fingerprint density at radius 1 is 1.11 bits per heavy atom. The number of hydrogen-bond acceptors (Lipinski definition) is 4. The van der Waals surface area contributed by atoms with Crippen LogP contribution in [0.25, 0.3) is 22.2 Å². The second kappa shape index (κ2) is 6.76. The van der Waals surface area contributed by atoms with Gasteiger partial charge in [0.25, 0.3) is 0 Å². The van der Waals surface area contributed by atoms with E-state index < -0.39 is 27.9 Å². The zero-order chi connectivity index (χ0) is 19.8. The fraction of sp³-hybridized carbons (Fsp3) is 0.0625. The number of carbonyl (C=O) groups excluding carboxylic acids is 1. The number of carbonyl (C=O) groups is 1. The maximum atomic E-state index is 13.4. The molecule has 0 aliphatic heterocycles. The highest BCUT2D eigenvalue weighted by Crippen LogP contribution is 2.32. The lowest BCUT2D eigenvalue weighted by Gasteiger charge is -2.12. The van der Waals surface area contributed by atoms with Gasteiger partial charge in [-0.2, -0.15) is 13.1 Å². The average molecular weight is 396 g/mol. The molecular weight excluding hydrogens is 384 g/mol. The van der Waals surface area contributed by atoms with E-state index in [1.165, 1.54) is 24.0 Å². The molecule has 0 bridgehead atoms. The Kier molecular flexibility index (Phi) is 4.62. The molecule has 0 saturated heterocycles. The first-order chi connectivity index (χ1) is 12.7. The van der Waals surface area contributed by atoms with Gasteiger partial charge in [-0.15, -0.1) is 0 Å². The third-order valence-corrected chi connectivity index (χ3v) is 4.56. The number of rotatable bonds is 5. The van der Waals surface area contributed by atoms with Crippen molar-refractivity contribution in [1.82, 2.24) is 9.71 Å². The smallest absolute Gasteiger partial charge is 0.465 e. The van der Waals surface area contributed by atoms with Gasteiger partial charge in [-0.25, -0.2) is 18.7 Å². The summed E-state index contributed by atoms with van der Waals surface area (Å²) in [5.74, 6) is -1.88. The first-order valence-corrected chi connectivity index (χ1v) is 8.84. The number of halogens is 2. The van der Waals surface area contributed by atoms with Crippen LogP contribution in [-0.2, 0) is 15.3 Å². The summed E-state index contributed by atoms with van der Waals surface area (Å²) in [6.07, 6.45) is -2.00. The minimum absolute atomic E-state index is 0.0558. The van der Waals surface area contributed by atoms with Crippen LogP contribution in [0.2, 0.25) is 0 Å². The van der Waals surface area contributed by atoms with E-state index in [-0.39, 0.29) is 11.4 Å². The Balaban J connectivity index is 2.03. The molecule has 8 nitrogen and oxygen atoms in total. The van der Waals surface area contributed by atoms with Crippen LogP contribution in [0, 0.1) is 11.6 Å². The maximum absolute atomic E-state index is 13.4. The first kappa shape index (κ1) is 18.5. The van der Waals surface area contributed by atoms with Crippen molar-refractivity contribution >= 4 is 32.9 Å². The zero-order valence-electron chi connectivity index (χ0n) is 13.7. The summed E-state index contributed by atoms with van der Waals surface area (Å²) >= 11 is 0. The van der Waals surface area contributed by atoms with Crippen molar-refractivity contribution in [3.8, 4) is 17.0 Å². The molecule has 27 heavy (non-hydrogen) atoms. The van der Waals surface area contributed by atoms with Crippen LogP contribution in [-0.4, -0.2) is 26.6 Å². The first-order valence-electron chi connectivity index (χ1n) is 7.36. The largest absolute Gasteiger partial charge is 0.495 e. The van der Waals surface area contributed by atoms with Crippen LogP contribution in [0.1, 0.15) is 0 Å². The van der Waals surface area contributed by atoms with E-state index in [9.17, 15) is 27.1 Å². The SMILES string of the molecule is COc1ccc(-c2cc3cc(F)c(F)cc3[nH]2)cc1NS(=O)(=O)NC([O])=O. The van der Waals surface area contributed by atoms with Crippen molar-refractivity contribution in [3.63, 3.8) is 0 Å². The molecule has 1 radical (unpaired) electrons. The lowest BCUT2D eigenvalue weighted by molar-refractivity contribution is 0.175. The van der Waals surface area contributed by atoms with Crippen molar-refractivity contribution in [2.24, 2.45) is 0 Å². The molecule has 1 amide bonds. The zero-order valence-corrected chi connectivity index (χ0v) is 14.5. The average Bonchev–Trinajstić information content (AvgIpc) is 2.96. The van der Waals surface area contributed by atoms with E-state index in [0.29, 0.717) is 22.2 Å². The number of nitrogens with one attached hydrogen (secondary N) is 3. The minimum atomic E-state index is -4.45. The number of fused-ring (bicyclic) bond motifs is 1. The summed E-state index contributed by atoms with van der Waals surface area (Å²) in [6, 6.07) is 7.98. The predicted molar refractivity (Wildman–Crippen MR) is 92.0 cm³/mol.